The summed E-state index contributed by atoms with van der Waals surface area (Å²) in [7, 11) is 0. The summed E-state index contributed by atoms with van der Waals surface area (Å²) in [5.41, 5.74) is 1.31. The number of hydrogen-bond acceptors (Lipinski definition) is 5. The fourth-order valence-electron chi connectivity index (χ4n) is 5.05. The minimum absolute atomic E-state index is 0.188. The number of amides is 2. The number of phenols is 1. The van der Waals surface area contributed by atoms with Gasteiger partial charge in [-0.2, -0.15) is 0 Å². The number of nitrogens with zero attached hydrogens (tertiary/aromatic N) is 2. The molecule has 0 aliphatic carbocycles. The number of unbranched alkanes of at least 4 members (excludes halogenated alkanes) is 1. The van der Waals surface area contributed by atoms with Gasteiger partial charge in [-0.1, -0.05) is 41.4 Å². The average molecular weight is 723 g/mol. The molecule has 0 radical (unpaired) electrons. The number of rotatable bonds is 8. The molecule has 222 valence electrons. The van der Waals surface area contributed by atoms with E-state index in [1.165, 1.54) is 11.0 Å². The highest BCUT2D eigenvalue weighted by molar-refractivity contribution is 14.1. The lowest BCUT2D eigenvalue weighted by atomic mass is 9.98. The van der Waals surface area contributed by atoms with Gasteiger partial charge < -0.3 is 19.6 Å². The highest BCUT2D eigenvalue weighted by Gasteiger charge is 2.44. The molecule has 3 aromatic carbocycles. The lowest BCUT2D eigenvalue weighted by Gasteiger charge is -2.36. The Kier molecular flexibility index (Phi) is 10.1. The van der Waals surface area contributed by atoms with Crippen molar-refractivity contribution in [2.75, 3.05) is 11.4 Å². The maximum Gasteiger partial charge on any atom is 0.306 e. The van der Waals surface area contributed by atoms with Gasteiger partial charge in [0, 0.05) is 32.1 Å². The topological polar surface area (TPSA) is 87.2 Å². The Hall–Kier alpha value is -2.82. The molecule has 1 aliphatic rings. The van der Waals surface area contributed by atoms with E-state index in [0.29, 0.717) is 34.1 Å². The number of ether oxygens (including phenoxy) is 1. The minimum atomic E-state index is -1.16. The van der Waals surface area contributed by atoms with Crippen molar-refractivity contribution in [1.82, 2.24) is 4.90 Å². The summed E-state index contributed by atoms with van der Waals surface area (Å²) in [6, 6.07) is 15.3. The third-order valence-electron chi connectivity index (χ3n) is 6.98. The maximum atomic E-state index is 14.6. The highest BCUT2D eigenvalue weighted by Crippen LogP contribution is 2.43. The van der Waals surface area contributed by atoms with Crippen molar-refractivity contribution < 1.29 is 24.2 Å². The number of aromatic hydroxyl groups is 1. The third-order valence-corrected chi connectivity index (χ3v) is 8.14. The Balaban J connectivity index is 1.78. The molecule has 0 unspecified atom stereocenters. The summed E-state index contributed by atoms with van der Waals surface area (Å²) in [4.78, 5) is 44.4. The summed E-state index contributed by atoms with van der Waals surface area (Å²) in [6.07, 6.45) is 1.20. The van der Waals surface area contributed by atoms with E-state index < -0.39 is 17.7 Å². The van der Waals surface area contributed by atoms with E-state index in [0.717, 1.165) is 9.13 Å². The van der Waals surface area contributed by atoms with Crippen molar-refractivity contribution in [2.45, 2.75) is 64.6 Å². The molecule has 0 bridgehead atoms. The van der Waals surface area contributed by atoms with E-state index in [4.69, 9.17) is 27.9 Å². The highest BCUT2D eigenvalue weighted by atomic mass is 127. The van der Waals surface area contributed by atoms with Gasteiger partial charge in [0.05, 0.1) is 17.3 Å². The van der Waals surface area contributed by atoms with Crippen LogP contribution < -0.4 is 4.90 Å². The molecule has 0 spiro atoms. The summed E-state index contributed by atoms with van der Waals surface area (Å²) >= 11 is 14.4. The average Bonchev–Trinajstić information content (AvgIpc) is 2.98. The van der Waals surface area contributed by atoms with Crippen LogP contribution in [0.2, 0.25) is 10.0 Å². The van der Waals surface area contributed by atoms with Crippen molar-refractivity contribution in [3.05, 3.63) is 91.0 Å². The van der Waals surface area contributed by atoms with Gasteiger partial charge in [-0.25, -0.2) is 0 Å². The van der Waals surface area contributed by atoms with Crippen LogP contribution in [0.3, 0.4) is 0 Å². The van der Waals surface area contributed by atoms with Gasteiger partial charge in [0.2, 0.25) is 0 Å². The smallest absolute Gasteiger partial charge is 0.306 e. The number of halogens is 3. The van der Waals surface area contributed by atoms with Gasteiger partial charge in [-0.05, 0) is 111 Å². The third kappa shape index (κ3) is 7.38. The zero-order valence-electron chi connectivity index (χ0n) is 23.9. The first-order chi connectivity index (χ1) is 19.8. The van der Waals surface area contributed by atoms with E-state index in [1.54, 1.807) is 41.3 Å². The van der Waals surface area contributed by atoms with Crippen molar-refractivity contribution in [3.63, 3.8) is 0 Å². The molecule has 7 nitrogen and oxygen atoms in total. The number of carbonyl (C=O) groups excluding carboxylic acids is 3. The molecule has 0 aromatic heterocycles. The molecule has 3 aromatic rings. The molecule has 2 atom stereocenters. The standard InChI is InChI=1S/C32H33Cl2IN2O5/c1-19(20-8-10-21(33)11-9-20)37-29(24-14-12-22(34)17-27(24)38)31(41)36(16-6-5-7-28(39)42-32(2,3)4)26-15-13-23(35)18-25(26)30(37)40/h8-15,17-19,29,38H,5-7,16H2,1-4H3/t19-,29+/m1/s1. The zero-order chi connectivity index (χ0) is 30.8. The van der Waals surface area contributed by atoms with Gasteiger partial charge in [-0.3, -0.25) is 14.4 Å². The van der Waals surface area contributed by atoms with E-state index in [9.17, 15) is 19.5 Å². The van der Waals surface area contributed by atoms with E-state index in [2.05, 4.69) is 22.6 Å². The lowest BCUT2D eigenvalue weighted by molar-refractivity contribution is -0.154. The summed E-state index contributed by atoms with van der Waals surface area (Å²) in [5, 5.41) is 11.9. The predicted molar refractivity (Wildman–Crippen MR) is 173 cm³/mol. The number of hydrogen-bond donors (Lipinski definition) is 1. The van der Waals surface area contributed by atoms with Gasteiger partial charge in [0.25, 0.3) is 11.8 Å². The molecule has 0 saturated carbocycles. The molecule has 42 heavy (non-hydrogen) atoms. The van der Waals surface area contributed by atoms with E-state index >= 15 is 0 Å². The van der Waals surface area contributed by atoms with Crippen LogP contribution in [0.4, 0.5) is 5.69 Å². The lowest BCUT2D eigenvalue weighted by Crippen LogP contribution is -2.44. The second-order valence-corrected chi connectivity index (χ2v) is 13.4. The second kappa shape index (κ2) is 13.2. The maximum absolute atomic E-state index is 14.6. The van der Waals surface area contributed by atoms with Gasteiger partial charge >= 0.3 is 5.97 Å². The molecule has 0 saturated heterocycles. The predicted octanol–water partition coefficient (Wildman–Crippen LogP) is 8.11. The molecule has 10 heteroatoms. The van der Waals surface area contributed by atoms with Crippen molar-refractivity contribution in [1.29, 1.82) is 0 Å². The number of anilines is 1. The molecule has 1 aliphatic heterocycles. The van der Waals surface area contributed by atoms with Crippen molar-refractivity contribution in [3.8, 4) is 5.75 Å². The second-order valence-electron chi connectivity index (χ2n) is 11.2. The SMILES string of the molecule is C[C@H](c1ccc(Cl)cc1)N1C(=O)c2cc(I)ccc2N(CCCCC(=O)OC(C)(C)C)C(=O)[C@@H]1c1ccc(Cl)cc1O. The normalized spacial score (nSPS) is 16.2. The first-order valence-corrected chi connectivity index (χ1v) is 15.5. The van der Waals surface area contributed by atoms with Crippen LogP contribution in [-0.4, -0.2) is 39.9 Å². The van der Waals surface area contributed by atoms with Crippen molar-refractivity contribution >= 4 is 69.3 Å². The van der Waals surface area contributed by atoms with Gasteiger partial charge in [0.1, 0.15) is 17.4 Å². The molecule has 1 N–H and O–H groups in total. The fourth-order valence-corrected chi connectivity index (χ4v) is 5.83. The van der Waals surface area contributed by atoms with Gasteiger partial charge in [0.15, 0.2) is 0 Å². The Labute approximate surface area is 269 Å². The Bertz CT molecular complexity index is 1490. The number of phenolic OH excluding ortho intramolecular Hbond substituents is 1. The summed E-state index contributed by atoms with van der Waals surface area (Å²) in [6.45, 7) is 7.56. The molecule has 0 fully saturated rings. The molecule has 1 heterocycles. The quantitative estimate of drug-likeness (QED) is 0.144. The first kappa shape index (κ1) is 32.1. The van der Waals surface area contributed by atoms with E-state index in [1.807, 2.05) is 45.9 Å². The van der Waals surface area contributed by atoms with Crippen LogP contribution in [0.5, 0.6) is 5.75 Å². The molecule has 4 rings (SSSR count). The van der Waals surface area contributed by atoms with Crippen LogP contribution in [-0.2, 0) is 14.3 Å². The number of carbonyl (C=O) groups is 3. The van der Waals surface area contributed by atoms with Crippen LogP contribution in [0.25, 0.3) is 0 Å². The monoisotopic (exact) mass is 722 g/mol. The van der Waals surface area contributed by atoms with Crippen LogP contribution in [0.1, 0.15) is 80.5 Å². The fraction of sp³-hybridized carbons (Fsp3) is 0.344. The molecule has 2 amide bonds. The van der Waals surface area contributed by atoms with Gasteiger partial charge in [-0.15, -0.1) is 0 Å². The van der Waals surface area contributed by atoms with Crippen LogP contribution >= 0.6 is 45.8 Å². The number of benzene rings is 3. The largest absolute Gasteiger partial charge is 0.508 e. The zero-order valence-corrected chi connectivity index (χ0v) is 27.5. The Morgan fingerprint density at radius 3 is 2.31 bits per heavy atom. The minimum Gasteiger partial charge on any atom is -0.508 e. The summed E-state index contributed by atoms with van der Waals surface area (Å²) < 4.78 is 6.26. The van der Waals surface area contributed by atoms with E-state index in [-0.39, 0.29) is 42.1 Å². The Morgan fingerprint density at radius 1 is 1.00 bits per heavy atom. The van der Waals surface area contributed by atoms with Crippen LogP contribution in [0, 0.1) is 3.57 Å². The Morgan fingerprint density at radius 2 is 1.67 bits per heavy atom. The first-order valence-electron chi connectivity index (χ1n) is 13.7. The number of fused-ring (bicyclic) bond motifs is 1. The van der Waals surface area contributed by atoms with Crippen LogP contribution in [0.15, 0.2) is 60.7 Å². The summed E-state index contributed by atoms with van der Waals surface area (Å²) in [5.74, 6) is -1.22. The molecular weight excluding hydrogens is 690 g/mol. The molecular formula is C32H33Cl2IN2O5. The van der Waals surface area contributed by atoms with Crippen molar-refractivity contribution in [2.24, 2.45) is 0 Å². The number of esters is 1.